The quantitative estimate of drug-likeness (QED) is 0.820. The Labute approximate surface area is 143 Å². The van der Waals surface area contributed by atoms with E-state index in [1.165, 1.54) is 12.8 Å². The average molecular weight is 347 g/mol. The predicted octanol–water partition coefficient (Wildman–Crippen LogP) is 2.15. The molecule has 1 aromatic heterocycles. The molecule has 1 aliphatic heterocycles. The fourth-order valence-electron chi connectivity index (χ4n) is 3.38. The lowest BCUT2D eigenvalue weighted by Gasteiger charge is -2.24. The number of nitrogens with zero attached hydrogens (tertiary/aromatic N) is 4. The number of hydrogen-bond donors (Lipinski definition) is 0. The van der Waals surface area contributed by atoms with Gasteiger partial charge in [-0.1, -0.05) is 11.6 Å². The zero-order chi connectivity index (χ0) is 15.0. The Morgan fingerprint density at radius 1 is 1.41 bits per heavy atom. The van der Waals surface area contributed by atoms with Gasteiger partial charge in [-0.2, -0.15) is 5.10 Å². The molecule has 1 amide bonds. The zero-order valence-corrected chi connectivity index (χ0v) is 14.7. The van der Waals surface area contributed by atoms with Crippen molar-refractivity contribution in [1.29, 1.82) is 0 Å². The number of amides is 1. The number of aromatic nitrogens is 2. The second-order valence-corrected chi connectivity index (χ2v) is 6.94. The van der Waals surface area contributed by atoms with Gasteiger partial charge in [0.2, 0.25) is 5.91 Å². The lowest BCUT2D eigenvalue weighted by molar-refractivity contribution is -0.130. The van der Waals surface area contributed by atoms with Crippen LogP contribution >= 0.6 is 24.0 Å². The fourth-order valence-corrected chi connectivity index (χ4v) is 3.53. The van der Waals surface area contributed by atoms with Crippen molar-refractivity contribution in [2.75, 3.05) is 27.2 Å². The van der Waals surface area contributed by atoms with E-state index < -0.39 is 0 Å². The summed E-state index contributed by atoms with van der Waals surface area (Å²) in [7, 11) is 4.25. The third kappa shape index (κ3) is 3.94. The van der Waals surface area contributed by atoms with Crippen molar-refractivity contribution in [1.82, 2.24) is 19.6 Å². The van der Waals surface area contributed by atoms with Gasteiger partial charge < -0.3 is 9.80 Å². The molecule has 1 saturated heterocycles. The molecule has 5 nitrogen and oxygen atoms in total. The van der Waals surface area contributed by atoms with Crippen LogP contribution in [-0.4, -0.2) is 58.7 Å². The summed E-state index contributed by atoms with van der Waals surface area (Å²) in [5, 5.41) is 4.73. The van der Waals surface area contributed by atoms with Crippen LogP contribution in [0, 0.1) is 11.8 Å². The van der Waals surface area contributed by atoms with Crippen molar-refractivity contribution < 1.29 is 4.79 Å². The van der Waals surface area contributed by atoms with Gasteiger partial charge in [0.15, 0.2) is 0 Å². The normalized spacial score (nSPS) is 24.6. The molecule has 7 heteroatoms. The average Bonchev–Trinajstić information content (AvgIpc) is 3.05. The largest absolute Gasteiger partial charge is 0.341 e. The summed E-state index contributed by atoms with van der Waals surface area (Å²) in [4.78, 5) is 16.7. The van der Waals surface area contributed by atoms with Gasteiger partial charge in [0.1, 0.15) is 0 Å². The van der Waals surface area contributed by atoms with Gasteiger partial charge in [-0.25, -0.2) is 0 Å². The minimum absolute atomic E-state index is 0. The van der Waals surface area contributed by atoms with Crippen LogP contribution in [0.2, 0.25) is 5.02 Å². The van der Waals surface area contributed by atoms with E-state index in [1.54, 1.807) is 17.1 Å². The van der Waals surface area contributed by atoms with Crippen LogP contribution in [0.25, 0.3) is 0 Å². The summed E-state index contributed by atoms with van der Waals surface area (Å²) in [6, 6.07) is 0.514. The molecule has 0 aromatic carbocycles. The van der Waals surface area contributed by atoms with Crippen LogP contribution in [0.1, 0.15) is 19.3 Å². The maximum atomic E-state index is 12.4. The Balaban J connectivity index is 0.00000176. The van der Waals surface area contributed by atoms with E-state index in [-0.39, 0.29) is 18.3 Å². The van der Waals surface area contributed by atoms with Crippen LogP contribution in [0.3, 0.4) is 0 Å². The van der Waals surface area contributed by atoms with Gasteiger partial charge in [0.05, 0.1) is 11.2 Å². The van der Waals surface area contributed by atoms with Gasteiger partial charge in [-0.15, -0.1) is 12.4 Å². The highest BCUT2D eigenvalue weighted by Crippen LogP contribution is 2.42. The standard InChI is InChI=1S/C15H23ClN4O.ClH/c1-18(2)14-10-19(9-13(14)11-3-4-11)15(21)5-6-20-8-12(16)7-17-20;/h7-8,11,13-14H,3-6,9-10H2,1-2H3;1H/t13-,14+;/m1./s1. The number of aryl methyl sites for hydroxylation is 1. The Kier molecular flexibility index (Phi) is 5.75. The molecule has 2 atom stereocenters. The molecule has 0 spiro atoms. The van der Waals surface area contributed by atoms with Gasteiger partial charge >= 0.3 is 0 Å². The molecular weight excluding hydrogens is 323 g/mol. The first-order valence-electron chi connectivity index (χ1n) is 7.66. The van der Waals surface area contributed by atoms with Crippen molar-refractivity contribution in [2.24, 2.45) is 11.8 Å². The molecule has 2 aliphatic rings. The van der Waals surface area contributed by atoms with Crippen molar-refractivity contribution in [3.63, 3.8) is 0 Å². The molecule has 1 saturated carbocycles. The van der Waals surface area contributed by atoms with Gasteiger partial charge in [0.25, 0.3) is 0 Å². The topological polar surface area (TPSA) is 41.4 Å². The molecule has 2 heterocycles. The molecule has 1 aliphatic carbocycles. The first-order valence-corrected chi connectivity index (χ1v) is 8.04. The number of carbonyl (C=O) groups is 1. The van der Waals surface area contributed by atoms with Crippen molar-refractivity contribution in [2.45, 2.75) is 31.8 Å². The highest BCUT2D eigenvalue weighted by molar-refractivity contribution is 6.30. The first kappa shape index (κ1) is 17.6. The van der Waals surface area contributed by atoms with Crippen molar-refractivity contribution in [3.8, 4) is 0 Å². The smallest absolute Gasteiger partial charge is 0.224 e. The van der Waals surface area contributed by atoms with Crippen molar-refractivity contribution >= 4 is 29.9 Å². The van der Waals surface area contributed by atoms with E-state index in [1.807, 2.05) is 4.90 Å². The maximum Gasteiger partial charge on any atom is 0.224 e. The second-order valence-electron chi connectivity index (χ2n) is 6.50. The van der Waals surface area contributed by atoms with Crippen LogP contribution in [0.4, 0.5) is 0 Å². The lowest BCUT2D eigenvalue weighted by Crippen LogP contribution is -2.37. The highest BCUT2D eigenvalue weighted by atomic mass is 35.5. The van der Waals surface area contributed by atoms with Crippen molar-refractivity contribution in [3.05, 3.63) is 17.4 Å². The number of rotatable bonds is 5. The Morgan fingerprint density at radius 2 is 2.14 bits per heavy atom. The molecule has 22 heavy (non-hydrogen) atoms. The minimum atomic E-state index is 0. The SMILES string of the molecule is CN(C)[C@H]1CN(C(=O)CCn2cc(Cl)cn2)C[C@@H]1C1CC1.Cl. The van der Waals surface area contributed by atoms with E-state index in [2.05, 4.69) is 24.1 Å². The van der Waals surface area contributed by atoms with E-state index >= 15 is 0 Å². The Morgan fingerprint density at radius 3 is 2.68 bits per heavy atom. The Hall–Kier alpha value is -0.780. The maximum absolute atomic E-state index is 12.4. The monoisotopic (exact) mass is 346 g/mol. The van der Waals surface area contributed by atoms with Crippen LogP contribution in [0.5, 0.6) is 0 Å². The van der Waals surface area contributed by atoms with E-state index in [0.29, 0.717) is 29.9 Å². The fraction of sp³-hybridized carbons (Fsp3) is 0.733. The third-order valence-corrected chi connectivity index (χ3v) is 4.93. The number of hydrogen-bond acceptors (Lipinski definition) is 3. The zero-order valence-electron chi connectivity index (χ0n) is 13.1. The van der Waals surface area contributed by atoms with Crippen LogP contribution in [-0.2, 0) is 11.3 Å². The summed E-state index contributed by atoms with van der Waals surface area (Å²) < 4.78 is 1.73. The Bertz CT molecular complexity index is 505. The number of likely N-dealkylation sites (tertiary alicyclic amines) is 1. The third-order valence-electron chi connectivity index (χ3n) is 4.73. The summed E-state index contributed by atoms with van der Waals surface area (Å²) in [5.41, 5.74) is 0. The van der Waals surface area contributed by atoms with E-state index in [9.17, 15) is 4.79 Å². The van der Waals surface area contributed by atoms with Crippen LogP contribution in [0.15, 0.2) is 12.4 Å². The molecule has 124 valence electrons. The summed E-state index contributed by atoms with van der Waals surface area (Å²) in [6.07, 6.45) is 6.53. The molecule has 3 rings (SSSR count). The molecule has 0 bridgehead atoms. The molecule has 0 radical (unpaired) electrons. The van der Waals surface area contributed by atoms with Crippen LogP contribution < -0.4 is 0 Å². The second kappa shape index (κ2) is 7.20. The molecule has 2 fully saturated rings. The summed E-state index contributed by atoms with van der Waals surface area (Å²) in [6.45, 7) is 2.39. The molecular formula is C15H24Cl2N4O. The predicted molar refractivity (Wildman–Crippen MR) is 89.4 cm³/mol. The van der Waals surface area contributed by atoms with Gasteiger partial charge in [-0.3, -0.25) is 9.48 Å². The molecule has 0 unspecified atom stereocenters. The summed E-state index contributed by atoms with van der Waals surface area (Å²) in [5.74, 6) is 1.72. The lowest BCUT2D eigenvalue weighted by atomic mass is 9.97. The number of likely N-dealkylation sites (N-methyl/N-ethyl adjacent to an activating group) is 1. The molecule has 0 N–H and O–H groups in total. The first-order chi connectivity index (χ1) is 10.0. The van der Waals surface area contributed by atoms with E-state index in [4.69, 9.17) is 11.6 Å². The molecule has 1 aromatic rings. The highest BCUT2D eigenvalue weighted by Gasteiger charge is 2.44. The van der Waals surface area contributed by atoms with E-state index in [0.717, 1.165) is 19.0 Å². The number of halogens is 2. The van der Waals surface area contributed by atoms with Gasteiger partial charge in [0, 0.05) is 38.3 Å². The summed E-state index contributed by atoms with van der Waals surface area (Å²) >= 11 is 5.83. The minimum Gasteiger partial charge on any atom is -0.341 e. The number of carbonyl (C=O) groups excluding carboxylic acids is 1. The van der Waals surface area contributed by atoms with Gasteiger partial charge in [-0.05, 0) is 38.8 Å².